The van der Waals surface area contributed by atoms with Crippen LogP contribution < -0.4 is 0 Å². The van der Waals surface area contributed by atoms with Gasteiger partial charge < -0.3 is 14.6 Å². The number of carboxylic acid groups (broad SMARTS) is 1. The van der Waals surface area contributed by atoms with Crippen molar-refractivity contribution in [2.75, 3.05) is 6.61 Å². The average molecular weight is 479 g/mol. The van der Waals surface area contributed by atoms with Gasteiger partial charge in [-0.1, -0.05) is 63.8 Å². The van der Waals surface area contributed by atoms with Crippen LogP contribution in [0.5, 0.6) is 0 Å². The fraction of sp³-hybridized carbons (Fsp3) is 0.607. The summed E-state index contributed by atoms with van der Waals surface area (Å²) in [6, 6.07) is 9.72. The number of benzene rings is 1. The quantitative estimate of drug-likeness (QED) is 0.293. The number of ether oxygens (including phenoxy) is 2. The molecule has 1 aromatic carbocycles. The third-order valence-electron chi connectivity index (χ3n) is 5.88. The first-order valence-corrected chi connectivity index (χ1v) is 11.8. The first-order valence-electron chi connectivity index (χ1n) is 11.8. The van der Waals surface area contributed by atoms with Crippen LogP contribution >= 0.6 is 0 Å². The highest BCUT2D eigenvalue weighted by atomic mass is 16.5. The van der Waals surface area contributed by atoms with Gasteiger partial charge in [0.25, 0.3) is 0 Å². The number of esters is 2. The largest absolute Gasteiger partial charge is 0.481 e. The molecule has 0 aromatic heterocycles. The second kappa shape index (κ2) is 16.1. The Hall–Kier alpha value is -2.63. The summed E-state index contributed by atoms with van der Waals surface area (Å²) in [5.41, 5.74) is -0.254. The van der Waals surface area contributed by atoms with Crippen molar-refractivity contribution in [3.8, 4) is 0 Å². The van der Waals surface area contributed by atoms with Crippen LogP contribution in [-0.4, -0.2) is 29.6 Å². The van der Waals surface area contributed by atoms with E-state index >= 15 is 0 Å². The summed E-state index contributed by atoms with van der Waals surface area (Å²) in [7, 11) is 0. The van der Waals surface area contributed by atoms with E-state index in [2.05, 4.69) is 6.58 Å². The van der Waals surface area contributed by atoms with Crippen molar-refractivity contribution in [2.45, 2.75) is 88.2 Å². The fourth-order valence-electron chi connectivity index (χ4n) is 1.69. The second-order valence-corrected chi connectivity index (χ2v) is 9.97. The molecule has 0 spiro atoms. The van der Waals surface area contributed by atoms with E-state index in [1.165, 1.54) is 0 Å². The zero-order valence-electron chi connectivity index (χ0n) is 22.7. The van der Waals surface area contributed by atoms with Crippen LogP contribution in [0.25, 0.3) is 0 Å². The molecule has 0 bridgehead atoms. The molecule has 0 aliphatic heterocycles. The molecule has 0 radical (unpaired) electrons. The highest BCUT2D eigenvalue weighted by molar-refractivity contribution is 5.76. The Morgan fingerprint density at radius 1 is 0.794 bits per heavy atom. The summed E-state index contributed by atoms with van der Waals surface area (Å²) >= 11 is 0. The van der Waals surface area contributed by atoms with Crippen LogP contribution in [0, 0.1) is 16.2 Å². The summed E-state index contributed by atoms with van der Waals surface area (Å²) in [4.78, 5) is 33.1. The third-order valence-corrected chi connectivity index (χ3v) is 5.88. The predicted octanol–water partition coefficient (Wildman–Crippen LogP) is 6.83. The summed E-state index contributed by atoms with van der Waals surface area (Å²) in [6.07, 6.45) is 3.84. The summed E-state index contributed by atoms with van der Waals surface area (Å²) < 4.78 is 10.1. The molecule has 0 fully saturated rings. The van der Waals surface area contributed by atoms with Crippen LogP contribution in [0.15, 0.2) is 43.0 Å². The minimum absolute atomic E-state index is 0.131. The van der Waals surface area contributed by atoms with Crippen molar-refractivity contribution in [1.29, 1.82) is 0 Å². The van der Waals surface area contributed by atoms with Crippen molar-refractivity contribution in [1.82, 2.24) is 0 Å². The second-order valence-electron chi connectivity index (χ2n) is 9.97. The van der Waals surface area contributed by atoms with Gasteiger partial charge in [-0.15, -0.1) is 0 Å². The fourth-order valence-corrected chi connectivity index (χ4v) is 1.69. The van der Waals surface area contributed by atoms with E-state index in [0.29, 0.717) is 19.6 Å². The van der Waals surface area contributed by atoms with E-state index < -0.39 is 11.4 Å². The molecular weight excluding hydrogens is 432 g/mol. The van der Waals surface area contributed by atoms with Gasteiger partial charge in [-0.3, -0.25) is 14.4 Å². The van der Waals surface area contributed by atoms with Gasteiger partial charge in [-0.2, -0.15) is 0 Å². The van der Waals surface area contributed by atoms with Gasteiger partial charge >= 0.3 is 17.9 Å². The number of aliphatic carboxylic acids is 1. The number of rotatable bonds is 10. The SMILES string of the molecule is C=CCOC(=O)C(C)(C)CC.CCC(C)(C)C(=O)O.CCC(C)(C)C(=O)OCc1ccccc1. The minimum atomic E-state index is -0.722. The first kappa shape index (κ1) is 33.5. The maximum Gasteiger partial charge on any atom is 0.311 e. The Bertz CT molecular complexity index is 747. The molecule has 6 nitrogen and oxygen atoms in total. The van der Waals surface area contributed by atoms with Gasteiger partial charge in [0, 0.05) is 0 Å². The predicted molar refractivity (Wildman–Crippen MR) is 137 cm³/mol. The Kier molecular flexibility index (Phi) is 15.9. The molecule has 6 heteroatoms. The monoisotopic (exact) mass is 478 g/mol. The molecule has 194 valence electrons. The van der Waals surface area contributed by atoms with Gasteiger partial charge in [0.2, 0.25) is 0 Å². The lowest BCUT2D eigenvalue weighted by atomic mass is 9.91. The zero-order chi connectivity index (χ0) is 27.0. The lowest BCUT2D eigenvalue weighted by Crippen LogP contribution is -2.25. The molecule has 1 N–H and O–H groups in total. The van der Waals surface area contributed by atoms with Crippen molar-refractivity contribution in [2.24, 2.45) is 16.2 Å². The molecule has 0 saturated carbocycles. The molecule has 0 unspecified atom stereocenters. The first-order chi connectivity index (χ1) is 15.6. The van der Waals surface area contributed by atoms with Crippen molar-refractivity contribution in [3.05, 3.63) is 48.6 Å². The number of carboxylic acids is 1. The van der Waals surface area contributed by atoms with Crippen molar-refractivity contribution in [3.63, 3.8) is 0 Å². The molecule has 0 atom stereocenters. The van der Waals surface area contributed by atoms with Gasteiger partial charge in [0.05, 0.1) is 16.2 Å². The van der Waals surface area contributed by atoms with Gasteiger partial charge in [-0.25, -0.2) is 0 Å². The van der Waals surface area contributed by atoms with Crippen molar-refractivity contribution >= 4 is 17.9 Å². The van der Waals surface area contributed by atoms with Crippen LogP contribution in [0.1, 0.15) is 87.1 Å². The van der Waals surface area contributed by atoms with Crippen LogP contribution in [0.2, 0.25) is 0 Å². The topological polar surface area (TPSA) is 89.9 Å². The standard InChI is InChI=1S/C13H18O2.C9H16O2.C6H12O2/c1-4-13(2,3)12(14)15-10-11-8-6-5-7-9-11;1-5-7-11-8(10)9(3,4)6-2;1-4-6(2,3)5(7)8/h5-9H,4,10H2,1-3H3;5H,1,6-7H2,2-4H3;4H2,1-3H3,(H,7,8). The summed E-state index contributed by atoms with van der Waals surface area (Å²) in [5.74, 6) is -1.01. The molecule has 0 amide bonds. The average Bonchev–Trinajstić information content (AvgIpc) is 2.82. The zero-order valence-corrected chi connectivity index (χ0v) is 22.7. The van der Waals surface area contributed by atoms with Gasteiger partial charge in [0.15, 0.2) is 0 Å². The normalized spacial score (nSPS) is 11.1. The molecular formula is C28H46O6. The van der Waals surface area contributed by atoms with E-state index in [-0.39, 0.29) is 22.8 Å². The molecule has 0 heterocycles. The Morgan fingerprint density at radius 3 is 1.53 bits per heavy atom. The number of hydrogen-bond donors (Lipinski definition) is 1. The maximum atomic E-state index is 11.6. The number of hydrogen-bond acceptors (Lipinski definition) is 5. The Morgan fingerprint density at radius 2 is 1.21 bits per heavy atom. The maximum absolute atomic E-state index is 11.6. The lowest BCUT2D eigenvalue weighted by Gasteiger charge is -2.20. The molecule has 0 aliphatic rings. The summed E-state index contributed by atoms with van der Waals surface area (Å²) in [5, 5.41) is 8.44. The molecule has 1 rings (SSSR count). The smallest absolute Gasteiger partial charge is 0.311 e. The van der Waals surface area contributed by atoms with E-state index in [4.69, 9.17) is 14.6 Å². The molecule has 34 heavy (non-hydrogen) atoms. The number of carbonyl (C=O) groups is 3. The molecule has 1 aromatic rings. The van der Waals surface area contributed by atoms with E-state index in [9.17, 15) is 14.4 Å². The van der Waals surface area contributed by atoms with Gasteiger partial charge in [-0.05, 0) is 66.4 Å². The van der Waals surface area contributed by atoms with Crippen molar-refractivity contribution < 1.29 is 29.0 Å². The molecule has 0 saturated heterocycles. The van der Waals surface area contributed by atoms with E-state index in [0.717, 1.165) is 18.4 Å². The molecule has 0 aliphatic carbocycles. The summed E-state index contributed by atoms with van der Waals surface area (Å²) in [6.45, 7) is 21.0. The Labute approximate surface area is 206 Å². The Balaban J connectivity index is 0. The number of carbonyl (C=O) groups excluding carboxylic acids is 2. The third kappa shape index (κ3) is 13.8. The van der Waals surface area contributed by atoms with Crippen LogP contribution in [0.3, 0.4) is 0 Å². The highest BCUT2D eigenvalue weighted by Crippen LogP contribution is 2.22. The van der Waals surface area contributed by atoms with Crippen LogP contribution in [0.4, 0.5) is 0 Å². The van der Waals surface area contributed by atoms with E-state index in [1.54, 1.807) is 19.9 Å². The van der Waals surface area contributed by atoms with Crippen LogP contribution in [-0.2, 0) is 30.5 Å². The minimum Gasteiger partial charge on any atom is -0.481 e. The highest BCUT2D eigenvalue weighted by Gasteiger charge is 2.27. The lowest BCUT2D eigenvalue weighted by molar-refractivity contribution is -0.155. The van der Waals surface area contributed by atoms with Gasteiger partial charge in [0.1, 0.15) is 13.2 Å². The van der Waals surface area contributed by atoms with E-state index in [1.807, 2.05) is 78.8 Å².